The van der Waals surface area contributed by atoms with Crippen LogP contribution in [0.1, 0.15) is 39.6 Å². The van der Waals surface area contributed by atoms with Gasteiger partial charge in [0.1, 0.15) is 12.3 Å². The van der Waals surface area contributed by atoms with E-state index in [2.05, 4.69) is 10.3 Å². The lowest BCUT2D eigenvalue weighted by molar-refractivity contribution is 0.0600. The van der Waals surface area contributed by atoms with E-state index in [4.69, 9.17) is 9.47 Å². The zero-order valence-electron chi connectivity index (χ0n) is 18.0. The maximum atomic E-state index is 13.0. The number of methoxy groups -OCH3 is 1. The molecule has 8 nitrogen and oxygen atoms in total. The highest BCUT2D eigenvalue weighted by molar-refractivity contribution is 5.89. The summed E-state index contributed by atoms with van der Waals surface area (Å²) in [6.07, 6.45) is 4.10. The van der Waals surface area contributed by atoms with E-state index in [9.17, 15) is 9.59 Å². The summed E-state index contributed by atoms with van der Waals surface area (Å²) in [5, 5.41) is 8.23. The van der Waals surface area contributed by atoms with E-state index in [1.807, 2.05) is 61.8 Å². The van der Waals surface area contributed by atoms with Gasteiger partial charge < -0.3 is 9.47 Å². The van der Waals surface area contributed by atoms with Crippen molar-refractivity contribution in [3.63, 3.8) is 0 Å². The summed E-state index contributed by atoms with van der Waals surface area (Å²) in [5.74, 6) is -0.407. The van der Waals surface area contributed by atoms with Gasteiger partial charge in [-0.15, -0.1) is 5.10 Å². The first-order chi connectivity index (χ1) is 15.5. The molecule has 1 amide bonds. The van der Waals surface area contributed by atoms with E-state index in [1.54, 1.807) is 21.7 Å². The minimum absolute atomic E-state index is 0.199. The molecule has 3 aromatic rings. The van der Waals surface area contributed by atoms with Crippen LogP contribution in [0.25, 0.3) is 5.57 Å². The van der Waals surface area contributed by atoms with Crippen LogP contribution in [0.5, 0.6) is 0 Å². The van der Waals surface area contributed by atoms with Crippen molar-refractivity contribution in [2.45, 2.75) is 19.1 Å². The zero-order valence-corrected chi connectivity index (χ0v) is 18.0. The summed E-state index contributed by atoms with van der Waals surface area (Å²) in [7, 11) is 3.16. The van der Waals surface area contributed by atoms with Gasteiger partial charge in [-0.3, -0.25) is 9.58 Å². The van der Waals surface area contributed by atoms with Crippen molar-refractivity contribution < 1.29 is 19.1 Å². The highest BCUT2D eigenvalue weighted by Gasteiger charge is 2.30. The molecule has 2 heterocycles. The molecule has 164 valence electrons. The molecular weight excluding hydrogens is 408 g/mol. The molecule has 0 N–H and O–H groups in total. The Labute approximate surface area is 186 Å². The summed E-state index contributed by atoms with van der Waals surface area (Å²) in [6, 6.07) is 16.2. The molecule has 1 atom stereocenters. The normalized spacial score (nSPS) is 15.8. The average Bonchev–Trinajstić information content (AvgIpc) is 3.28. The maximum absolute atomic E-state index is 13.0. The van der Waals surface area contributed by atoms with Crippen molar-refractivity contribution in [1.29, 1.82) is 0 Å². The first-order valence-corrected chi connectivity index (χ1v) is 10.3. The van der Waals surface area contributed by atoms with Gasteiger partial charge in [-0.05, 0) is 35.3 Å². The average molecular weight is 432 g/mol. The van der Waals surface area contributed by atoms with Crippen LogP contribution in [0, 0.1) is 0 Å². The highest BCUT2D eigenvalue weighted by Crippen LogP contribution is 2.33. The van der Waals surface area contributed by atoms with Crippen molar-refractivity contribution in [2.75, 3.05) is 13.7 Å². The molecule has 0 saturated carbocycles. The fourth-order valence-corrected chi connectivity index (χ4v) is 3.67. The minimum atomic E-state index is -0.407. The van der Waals surface area contributed by atoms with Gasteiger partial charge in [-0.25, -0.2) is 9.59 Å². The summed E-state index contributed by atoms with van der Waals surface area (Å²) in [4.78, 5) is 26.5. The molecule has 1 aliphatic heterocycles. The molecule has 4 rings (SSSR count). The van der Waals surface area contributed by atoms with Crippen LogP contribution in [-0.2, 0) is 23.1 Å². The molecule has 2 aromatic carbocycles. The summed E-state index contributed by atoms with van der Waals surface area (Å²) >= 11 is 0. The predicted molar refractivity (Wildman–Crippen MR) is 117 cm³/mol. The first kappa shape index (κ1) is 21.3. The van der Waals surface area contributed by atoms with Gasteiger partial charge in [0.15, 0.2) is 0 Å². The van der Waals surface area contributed by atoms with Gasteiger partial charge in [0.2, 0.25) is 0 Å². The molecule has 8 heteroatoms. The molecule has 0 aliphatic carbocycles. The van der Waals surface area contributed by atoms with Crippen LogP contribution in [0.4, 0.5) is 4.79 Å². The Balaban J connectivity index is 1.60. The second-order valence-corrected chi connectivity index (χ2v) is 7.51. The number of carbonyl (C=O) groups excluding carboxylic acids is 2. The van der Waals surface area contributed by atoms with Crippen molar-refractivity contribution in [1.82, 2.24) is 19.9 Å². The Bertz CT molecular complexity index is 1120. The number of ether oxygens (including phenoxy) is 2. The molecule has 1 aromatic heterocycles. The molecule has 0 spiro atoms. The number of nitrogens with zero attached hydrogens (tertiary/aromatic N) is 4. The van der Waals surface area contributed by atoms with Crippen molar-refractivity contribution in [2.24, 2.45) is 7.05 Å². The van der Waals surface area contributed by atoms with E-state index in [0.29, 0.717) is 18.5 Å². The van der Waals surface area contributed by atoms with E-state index < -0.39 is 12.1 Å². The molecule has 0 bridgehead atoms. The maximum Gasteiger partial charge on any atom is 0.410 e. The SMILES string of the molecule is COC(=O)c1ccc([C@@H]2C=C(c3cn(C)nn3)CCN2C(=O)OCc2ccccc2)cc1. The lowest BCUT2D eigenvalue weighted by Gasteiger charge is -2.33. The van der Waals surface area contributed by atoms with Crippen LogP contribution in [-0.4, -0.2) is 45.6 Å². The Morgan fingerprint density at radius 2 is 1.84 bits per heavy atom. The molecule has 0 saturated heterocycles. The topological polar surface area (TPSA) is 86.6 Å². The quantitative estimate of drug-likeness (QED) is 0.571. The number of aryl methyl sites for hydroxylation is 1. The van der Waals surface area contributed by atoms with Crippen molar-refractivity contribution in [3.05, 3.63) is 89.3 Å². The number of hydrogen-bond donors (Lipinski definition) is 0. The third-order valence-corrected chi connectivity index (χ3v) is 5.36. The summed E-state index contributed by atoms with van der Waals surface area (Å²) in [5.41, 5.74) is 4.01. The number of benzene rings is 2. The molecular formula is C24H24N4O4. The monoisotopic (exact) mass is 432 g/mol. The Kier molecular flexibility index (Phi) is 6.30. The molecule has 32 heavy (non-hydrogen) atoms. The van der Waals surface area contributed by atoms with Gasteiger partial charge in [-0.2, -0.15) is 0 Å². The van der Waals surface area contributed by atoms with Crippen molar-refractivity contribution >= 4 is 17.6 Å². The number of rotatable bonds is 5. The van der Waals surface area contributed by atoms with Gasteiger partial charge in [0, 0.05) is 13.6 Å². The Morgan fingerprint density at radius 1 is 1.09 bits per heavy atom. The lowest BCUT2D eigenvalue weighted by atomic mass is 9.94. The van der Waals surface area contributed by atoms with Crippen LogP contribution < -0.4 is 0 Å². The van der Waals surface area contributed by atoms with Gasteiger partial charge in [-0.1, -0.05) is 53.8 Å². The standard InChI is InChI=1S/C24H24N4O4/c1-27-15-21(25-26-27)20-12-13-28(24(30)32-16-17-6-4-3-5-7-17)22(14-20)18-8-10-19(11-9-18)23(29)31-2/h3-11,14-15,22H,12-13,16H2,1-2H3/t22-/m0/s1. The Hall–Kier alpha value is -3.94. The Morgan fingerprint density at radius 3 is 2.50 bits per heavy atom. The van der Waals surface area contributed by atoms with Gasteiger partial charge in [0.05, 0.1) is 24.9 Å². The second kappa shape index (κ2) is 9.47. The van der Waals surface area contributed by atoms with Crippen LogP contribution >= 0.6 is 0 Å². The molecule has 0 fully saturated rings. The summed E-state index contributed by atoms with van der Waals surface area (Å²) in [6.45, 7) is 0.671. The first-order valence-electron chi connectivity index (χ1n) is 10.3. The van der Waals surface area contributed by atoms with Gasteiger partial charge in [0.25, 0.3) is 0 Å². The fourth-order valence-electron chi connectivity index (χ4n) is 3.67. The fraction of sp³-hybridized carbons (Fsp3) is 0.250. The highest BCUT2D eigenvalue weighted by atomic mass is 16.6. The zero-order chi connectivity index (χ0) is 22.5. The second-order valence-electron chi connectivity index (χ2n) is 7.51. The van der Waals surface area contributed by atoms with Crippen LogP contribution in [0.2, 0.25) is 0 Å². The number of aromatic nitrogens is 3. The predicted octanol–water partition coefficient (Wildman–Crippen LogP) is 3.77. The molecule has 0 radical (unpaired) electrons. The van der Waals surface area contributed by atoms with Crippen LogP contribution in [0.15, 0.2) is 66.9 Å². The number of amides is 1. The van der Waals surface area contributed by atoms with Crippen LogP contribution in [0.3, 0.4) is 0 Å². The lowest BCUT2D eigenvalue weighted by Crippen LogP contribution is -2.37. The third-order valence-electron chi connectivity index (χ3n) is 5.36. The van der Waals surface area contributed by atoms with E-state index in [-0.39, 0.29) is 12.6 Å². The van der Waals surface area contributed by atoms with E-state index in [1.165, 1.54) is 7.11 Å². The van der Waals surface area contributed by atoms with Gasteiger partial charge >= 0.3 is 12.1 Å². The summed E-state index contributed by atoms with van der Waals surface area (Å²) < 4.78 is 12.0. The third kappa shape index (κ3) is 4.69. The number of esters is 1. The largest absolute Gasteiger partial charge is 0.465 e. The van der Waals surface area contributed by atoms with E-state index in [0.717, 1.165) is 22.4 Å². The smallest absolute Gasteiger partial charge is 0.410 e. The number of carbonyl (C=O) groups is 2. The number of hydrogen-bond acceptors (Lipinski definition) is 6. The minimum Gasteiger partial charge on any atom is -0.465 e. The van der Waals surface area contributed by atoms with E-state index >= 15 is 0 Å². The van der Waals surface area contributed by atoms with Crippen molar-refractivity contribution in [3.8, 4) is 0 Å². The molecule has 1 aliphatic rings. The molecule has 0 unspecified atom stereocenters.